The van der Waals surface area contributed by atoms with Crippen LogP contribution in [0.5, 0.6) is 0 Å². The van der Waals surface area contributed by atoms with E-state index in [1.165, 1.54) is 0 Å². The first-order valence-corrected chi connectivity index (χ1v) is 9.82. The van der Waals surface area contributed by atoms with E-state index in [9.17, 15) is 4.79 Å². The number of halogens is 1. The molecule has 0 spiro atoms. The maximum absolute atomic E-state index is 12.9. The van der Waals surface area contributed by atoms with Gasteiger partial charge in [0.05, 0.1) is 0 Å². The van der Waals surface area contributed by atoms with Crippen LogP contribution in [-0.4, -0.2) is 34.1 Å². The number of benzene rings is 2. The number of hydrogen-bond acceptors (Lipinski definition) is 4. The molecule has 1 heterocycles. The average molecular weight is 396 g/mol. The molecular formula is C22H22ClN3O2. The summed E-state index contributed by atoms with van der Waals surface area (Å²) in [5.74, 6) is 1.54. The van der Waals surface area contributed by atoms with Crippen LogP contribution in [0, 0.1) is 6.92 Å². The molecule has 0 aliphatic heterocycles. The van der Waals surface area contributed by atoms with Gasteiger partial charge in [0.1, 0.15) is 0 Å². The molecule has 2 aromatic carbocycles. The summed E-state index contributed by atoms with van der Waals surface area (Å²) in [7, 11) is 1.88. The number of rotatable bonds is 4. The first-order valence-electron chi connectivity index (χ1n) is 9.44. The lowest BCUT2D eigenvalue weighted by Crippen LogP contribution is -2.35. The fourth-order valence-electron chi connectivity index (χ4n) is 3.83. The molecule has 4 rings (SSSR count). The summed E-state index contributed by atoms with van der Waals surface area (Å²) in [6.07, 6.45) is 2.75. The summed E-state index contributed by atoms with van der Waals surface area (Å²) >= 11 is 5.95. The Morgan fingerprint density at radius 1 is 1.04 bits per heavy atom. The van der Waals surface area contributed by atoms with Crippen LogP contribution in [0.25, 0.3) is 11.1 Å². The lowest BCUT2D eigenvalue weighted by molar-refractivity contribution is 0.0733. The number of hydrogen-bond donors (Lipinski definition) is 0. The van der Waals surface area contributed by atoms with E-state index < -0.39 is 0 Å². The highest BCUT2D eigenvalue weighted by molar-refractivity contribution is 6.30. The predicted octanol–water partition coefficient (Wildman–Crippen LogP) is 5.11. The van der Waals surface area contributed by atoms with E-state index in [-0.39, 0.29) is 17.9 Å². The number of amides is 1. The number of aryl methyl sites for hydroxylation is 1. The molecule has 28 heavy (non-hydrogen) atoms. The molecule has 1 amide bonds. The lowest BCUT2D eigenvalue weighted by Gasteiger charge is -2.24. The highest BCUT2D eigenvalue weighted by Crippen LogP contribution is 2.36. The van der Waals surface area contributed by atoms with Crippen LogP contribution in [0.2, 0.25) is 5.02 Å². The summed E-state index contributed by atoms with van der Waals surface area (Å²) in [6.45, 7) is 1.80. The second-order valence-electron chi connectivity index (χ2n) is 7.32. The van der Waals surface area contributed by atoms with Crippen molar-refractivity contribution in [1.29, 1.82) is 0 Å². The van der Waals surface area contributed by atoms with Crippen molar-refractivity contribution in [3.8, 4) is 11.1 Å². The van der Waals surface area contributed by atoms with Gasteiger partial charge in [0.25, 0.3) is 5.91 Å². The topological polar surface area (TPSA) is 59.2 Å². The quantitative estimate of drug-likeness (QED) is 0.616. The van der Waals surface area contributed by atoms with Crippen molar-refractivity contribution in [2.75, 3.05) is 7.05 Å². The molecule has 2 unspecified atom stereocenters. The van der Waals surface area contributed by atoms with Crippen LogP contribution >= 0.6 is 11.6 Å². The van der Waals surface area contributed by atoms with E-state index in [0.29, 0.717) is 22.4 Å². The van der Waals surface area contributed by atoms with Crippen LogP contribution in [-0.2, 0) is 0 Å². The molecule has 1 saturated carbocycles. The second kappa shape index (κ2) is 7.76. The van der Waals surface area contributed by atoms with Gasteiger partial charge in [-0.25, -0.2) is 0 Å². The van der Waals surface area contributed by atoms with Crippen LogP contribution in [0.1, 0.15) is 47.3 Å². The van der Waals surface area contributed by atoms with Gasteiger partial charge >= 0.3 is 0 Å². The molecule has 6 heteroatoms. The zero-order chi connectivity index (χ0) is 19.7. The minimum absolute atomic E-state index is 0.0371. The number of carbonyl (C=O) groups is 1. The van der Waals surface area contributed by atoms with Gasteiger partial charge in [-0.3, -0.25) is 4.79 Å². The molecule has 1 aliphatic rings. The fourth-order valence-corrected chi connectivity index (χ4v) is 3.95. The highest BCUT2D eigenvalue weighted by Gasteiger charge is 2.33. The van der Waals surface area contributed by atoms with Crippen LogP contribution in [0.3, 0.4) is 0 Å². The minimum atomic E-state index is 0.0371. The monoisotopic (exact) mass is 395 g/mol. The van der Waals surface area contributed by atoms with Crippen LogP contribution < -0.4 is 0 Å². The van der Waals surface area contributed by atoms with Gasteiger partial charge in [0, 0.05) is 36.5 Å². The van der Waals surface area contributed by atoms with Gasteiger partial charge in [-0.05, 0) is 54.7 Å². The van der Waals surface area contributed by atoms with E-state index in [4.69, 9.17) is 16.0 Å². The predicted molar refractivity (Wildman–Crippen MR) is 108 cm³/mol. The Morgan fingerprint density at radius 3 is 2.29 bits per heavy atom. The van der Waals surface area contributed by atoms with Crippen LogP contribution in [0.4, 0.5) is 0 Å². The maximum atomic E-state index is 12.9. The molecule has 1 fully saturated rings. The summed E-state index contributed by atoms with van der Waals surface area (Å²) in [5.41, 5.74) is 2.83. The maximum Gasteiger partial charge on any atom is 0.253 e. The third-order valence-corrected chi connectivity index (χ3v) is 5.73. The Bertz CT molecular complexity index is 966. The Kier molecular flexibility index (Phi) is 5.18. The Balaban J connectivity index is 1.43. The summed E-state index contributed by atoms with van der Waals surface area (Å²) in [5, 5.41) is 8.77. The highest BCUT2D eigenvalue weighted by atomic mass is 35.5. The molecule has 0 saturated heterocycles. The van der Waals surface area contributed by atoms with E-state index in [1.54, 1.807) is 6.92 Å². The molecule has 5 nitrogen and oxygen atoms in total. The fraction of sp³-hybridized carbons (Fsp3) is 0.318. The van der Waals surface area contributed by atoms with Crippen molar-refractivity contribution in [2.45, 2.75) is 38.1 Å². The molecule has 0 radical (unpaired) electrons. The van der Waals surface area contributed by atoms with Crippen molar-refractivity contribution in [3.05, 3.63) is 70.9 Å². The van der Waals surface area contributed by atoms with Gasteiger partial charge in [-0.2, -0.15) is 0 Å². The zero-order valence-electron chi connectivity index (χ0n) is 15.9. The summed E-state index contributed by atoms with van der Waals surface area (Å²) < 4.78 is 5.57. The van der Waals surface area contributed by atoms with E-state index in [0.717, 1.165) is 30.4 Å². The first kappa shape index (κ1) is 18.7. The van der Waals surface area contributed by atoms with Crippen molar-refractivity contribution < 1.29 is 9.21 Å². The van der Waals surface area contributed by atoms with Crippen molar-refractivity contribution in [3.63, 3.8) is 0 Å². The van der Waals surface area contributed by atoms with Gasteiger partial charge in [-0.15, -0.1) is 10.2 Å². The standard InChI is InChI=1S/C22H22ClN3O2/c1-14-24-25-21(28-14)18-9-12-20(13-18)26(2)22(27)17-5-3-15(4-6-17)16-7-10-19(23)11-8-16/h3-8,10-11,18,20H,9,12-13H2,1-2H3. The Labute approximate surface area is 169 Å². The average Bonchev–Trinajstić information content (AvgIpc) is 3.37. The third kappa shape index (κ3) is 3.80. The van der Waals surface area contributed by atoms with E-state index in [1.807, 2.05) is 60.5 Å². The van der Waals surface area contributed by atoms with Gasteiger partial charge in [-0.1, -0.05) is 35.9 Å². The zero-order valence-corrected chi connectivity index (χ0v) is 16.7. The number of carbonyl (C=O) groups excluding carboxylic acids is 1. The van der Waals surface area contributed by atoms with Crippen molar-refractivity contribution in [1.82, 2.24) is 15.1 Å². The molecule has 0 bridgehead atoms. The molecule has 144 valence electrons. The minimum Gasteiger partial charge on any atom is -0.425 e. The van der Waals surface area contributed by atoms with Crippen LogP contribution in [0.15, 0.2) is 52.9 Å². The summed E-state index contributed by atoms with van der Waals surface area (Å²) in [6, 6.07) is 15.6. The SMILES string of the molecule is Cc1nnc(C2CCC(N(C)C(=O)c3ccc(-c4ccc(Cl)cc4)cc3)C2)o1. The van der Waals surface area contributed by atoms with Crippen molar-refractivity contribution >= 4 is 17.5 Å². The third-order valence-electron chi connectivity index (χ3n) is 5.47. The van der Waals surface area contributed by atoms with Gasteiger partial charge in [0.2, 0.25) is 11.8 Å². The van der Waals surface area contributed by atoms with E-state index >= 15 is 0 Å². The first-order chi connectivity index (χ1) is 13.5. The van der Waals surface area contributed by atoms with E-state index in [2.05, 4.69) is 10.2 Å². The molecule has 1 aromatic heterocycles. The smallest absolute Gasteiger partial charge is 0.253 e. The molecule has 2 atom stereocenters. The van der Waals surface area contributed by atoms with Gasteiger partial charge in [0.15, 0.2) is 0 Å². The number of nitrogens with zero attached hydrogens (tertiary/aromatic N) is 3. The molecular weight excluding hydrogens is 374 g/mol. The van der Waals surface area contributed by atoms with Crippen molar-refractivity contribution in [2.24, 2.45) is 0 Å². The summed E-state index contributed by atoms with van der Waals surface area (Å²) in [4.78, 5) is 14.8. The second-order valence-corrected chi connectivity index (χ2v) is 7.76. The largest absolute Gasteiger partial charge is 0.425 e. The van der Waals surface area contributed by atoms with Gasteiger partial charge < -0.3 is 9.32 Å². The Hall–Kier alpha value is -2.66. The Morgan fingerprint density at radius 2 is 1.68 bits per heavy atom. The number of aromatic nitrogens is 2. The molecule has 3 aromatic rings. The molecule has 1 aliphatic carbocycles. The normalized spacial score (nSPS) is 19.0. The lowest BCUT2D eigenvalue weighted by atomic mass is 10.0. The molecule has 0 N–H and O–H groups in total.